The molecule has 0 amide bonds. The molecule has 0 N–H and O–H groups in total. The number of aryl methyl sites for hydroxylation is 6. The molecule has 1 atom stereocenters. The third-order valence-corrected chi connectivity index (χ3v) is 13.5. The van der Waals surface area contributed by atoms with Crippen LogP contribution in [0.25, 0.3) is 16.2 Å². The predicted molar refractivity (Wildman–Crippen MR) is 203 cm³/mol. The fraction of sp³-hybridized carbons (Fsp3) is 0.302. The zero-order valence-electron chi connectivity index (χ0n) is 32.9. The van der Waals surface area contributed by atoms with Crippen molar-refractivity contribution in [2.45, 2.75) is 88.0 Å². The molecule has 0 spiro atoms. The van der Waals surface area contributed by atoms with Crippen molar-refractivity contribution in [1.29, 1.82) is 0 Å². The minimum absolute atomic E-state index is 0. The molecule has 1 unspecified atom stereocenters. The molecule has 0 nitrogen and oxygen atoms in total. The van der Waals surface area contributed by atoms with Gasteiger partial charge in [-0.15, -0.1) is 16.8 Å². The predicted octanol–water partition coefficient (Wildman–Crippen LogP) is 8.65. The molecule has 5 aromatic rings. The summed E-state index contributed by atoms with van der Waals surface area (Å²) in [7, 11) is -1.88. The first-order valence-corrected chi connectivity index (χ1v) is 19.2. The Kier molecular flexibility index (Phi) is 13.6. The average molecular weight is 794 g/mol. The molecule has 5 rings (SSSR count). The van der Waals surface area contributed by atoms with Gasteiger partial charge in [0.15, 0.2) is 41.0 Å². The summed E-state index contributed by atoms with van der Waals surface area (Å²) in [5, 5.41) is 1.61. The maximum Gasteiger partial charge on any atom is 1.00 e. The fourth-order valence-corrected chi connectivity index (χ4v) is 12.1. The zero-order chi connectivity index (χ0) is 41.0. The van der Waals surface area contributed by atoms with E-state index in [1.165, 1.54) is 6.92 Å². The summed E-state index contributed by atoms with van der Waals surface area (Å²) in [5.74, 6) is -19.8. The maximum absolute atomic E-state index is 16.6. The van der Waals surface area contributed by atoms with Crippen LogP contribution in [0.15, 0.2) is 24.3 Å². The van der Waals surface area contributed by atoms with E-state index in [0.29, 0.717) is 22.6 Å². The van der Waals surface area contributed by atoms with Gasteiger partial charge in [-0.25, -0.2) is 43.9 Å². The van der Waals surface area contributed by atoms with E-state index in [0.717, 1.165) is 38.7 Å². The third kappa shape index (κ3) is 7.05. The fourth-order valence-electron chi connectivity index (χ4n) is 8.45. The first-order chi connectivity index (χ1) is 25.8. The molecule has 0 aliphatic heterocycles. The van der Waals surface area contributed by atoms with Crippen LogP contribution in [-0.2, 0) is 6.42 Å². The molecule has 0 fully saturated rings. The van der Waals surface area contributed by atoms with Crippen LogP contribution < -0.4 is 35.2 Å². The Morgan fingerprint density at radius 2 is 0.893 bits per heavy atom. The van der Waals surface area contributed by atoms with Crippen molar-refractivity contribution in [3.05, 3.63) is 127 Å². The van der Waals surface area contributed by atoms with Gasteiger partial charge in [0, 0.05) is 17.0 Å². The molecule has 56 heavy (non-hydrogen) atoms. The van der Waals surface area contributed by atoms with Crippen molar-refractivity contribution in [3.8, 4) is 27.9 Å². The standard InChI is InChI=1S/C43H39BF10P.Li/c1-10-12-13-15-44(30-32(45)36(49)40(53)37(50)33(30)46,31-34(47)38(51)41(54)39(52)35(31)48)29-26(9)43(28-22(5)16-20(3)17-23(28)6)55(27(29)14-11-2)42-24(7)18-21(4)19-25(42)8;/h16-19H,10-12,14H2,1-9H3;/q-1;+1. The molecule has 0 radical (unpaired) electrons. The topological polar surface area (TPSA) is 0 Å². The van der Waals surface area contributed by atoms with Gasteiger partial charge in [0.25, 0.3) is 0 Å². The molecule has 0 saturated carbocycles. The van der Waals surface area contributed by atoms with Gasteiger partial charge in [-0.1, -0.05) is 74.1 Å². The SMILES string of the molecule is CCCC#C[B-](c1c(F)c(F)c(F)c(F)c1F)(c1c(F)c(F)c(F)c(F)c1F)c1c(C)c(-c2c(C)cc(C)cc2C)p(-c2c(C)cc(C)cc2C)c1CCC.[Li+]. The van der Waals surface area contributed by atoms with Gasteiger partial charge < -0.3 is 0 Å². The molecular weight excluding hydrogens is 755 g/mol. The van der Waals surface area contributed by atoms with Crippen LogP contribution in [0.5, 0.6) is 0 Å². The van der Waals surface area contributed by atoms with Crippen LogP contribution in [0.3, 0.4) is 0 Å². The number of hydrogen-bond donors (Lipinski definition) is 0. The average Bonchev–Trinajstić information content (AvgIpc) is 3.37. The number of benzene rings is 4. The van der Waals surface area contributed by atoms with Gasteiger partial charge in [0.05, 0.1) is 0 Å². The van der Waals surface area contributed by atoms with E-state index in [9.17, 15) is 8.78 Å². The Bertz CT molecular complexity index is 2280. The molecule has 0 aliphatic carbocycles. The van der Waals surface area contributed by atoms with Crippen molar-refractivity contribution >= 4 is 30.1 Å². The molecular formula is C43H39BF10LiP. The summed E-state index contributed by atoms with van der Waals surface area (Å²) in [5.41, 5.74) is 1.79. The van der Waals surface area contributed by atoms with Gasteiger partial charge in [-0.3, -0.25) is 5.82 Å². The van der Waals surface area contributed by atoms with Crippen LogP contribution >= 0.6 is 7.53 Å². The third-order valence-electron chi connectivity index (χ3n) is 10.3. The number of unbranched alkanes of at least 4 members (excludes halogenated alkanes) is 1. The van der Waals surface area contributed by atoms with Crippen molar-refractivity contribution in [3.63, 3.8) is 0 Å². The first kappa shape index (κ1) is 44.9. The van der Waals surface area contributed by atoms with Gasteiger partial charge >= 0.3 is 18.9 Å². The van der Waals surface area contributed by atoms with E-state index >= 15 is 35.1 Å². The number of hydrogen-bond acceptors (Lipinski definition) is 0. The molecule has 4 aromatic carbocycles. The zero-order valence-corrected chi connectivity index (χ0v) is 33.8. The van der Waals surface area contributed by atoms with E-state index in [1.54, 1.807) is 13.8 Å². The number of halogens is 10. The number of rotatable bonds is 8. The van der Waals surface area contributed by atoms with Gasteiger partial charge in [0.1, 0.15) is 23.3 Å². The molecule has 0 aliphatic rings. The molecule has 1 aromatic heterocycles. The van der Waals surface area contributed by atoms with Crippen LogP contribution in [0.4, 0.5) is 43.9 Å². The summed E-state index contributed by atoms with van der Waals surface area (Å²) in [6.45, 7) is 16.1. The van der Waals surface area contributed by atoms with Crippen molar-refractivity contribution in [1.82, 2.24) is 0 Å². The molecule has 13 heteroatoms. The van der Waals surface area contributed by atoms with Crippen LogP contribution in [0.1, 0.15) is 77.3 Å². The Balaban J connectivity index is 0.00000696. The minimum Gasteiger partial charge on any atom is -0.297 e. The Hall–Kier alpha value is -3.82. The molecule has 0 saturated heterocycles. The molecule has 290 valence electrons. The monoisotopic (exact) mass is 794 g/mol. The Morgan fingerprint density at radius 1 is 0.518 bits per heavy atom. The Labute approximate surface area is 334 Å². The normalized spacial score (nSPS) is 11.8. The second kappa shape index (κ2) is 17.0. The van der Waals surface area contributed by atoms with Gasteiger partial charge in [-0.2, -0.15) is 5.46 Å². The smallest absolute Gasteiger partial charge is 0.297 e. The second-order valence-corrected chi connectivity index (χ2v) is 16.4. The Morgan fingerprint density at radius 3 is 1.27 bits per heavy atom. The summed E-state index contributed by atoms with van der Waals surface area (Å²) in [4.78, 5) is 0. The van der Waals surface area contributed by atoms with Crippen LogP contribution in [0, 0.1) is 118 Å². The van der Waals surface area contributed by atoms with Gasteiger partial charge in [-0.05, 0) is 89.1 Å². The largest absolute Gasteiger partial charge is 1.00 e. The summed E-state index contributed by atoms with van der Waals surface area (Å²) in [6, 6.07) is 7.63. The van der Waals surface area contributed by atoms with E-state index in [-0.39, 0.29) is 49.1 Å². The summed E-state index contributed by atoms with van der Waals surface area (Å²) < 4.78 is 158. The summed E-state index contributed by atoms with van der Waals surface area (Å²) in [6.07, 6.45) is -4.09. The first-order valence-electron chi connectivity index (χ1n) is 17.9. The molecule has 1 heterocycles. The van der Waals surface area contributed by atoms with Crippen LogP contribution in [-0.4, -0.2) is 6.15 Å². The second-order valence-electron chi connectivity index (χ2n) is 14.3. The quantitative estimate of drug-likeness (QED) is 0.0486. The molecule has 0 bridgehead atoms. The van der Waals surface area contributed by atoms with E-state index < -0.39 is 82.8 Å². The van der Waals surface area contributed by atoms with Crippen molar-refractivity contribution < 1.29 is 62.8 Å². The maximum atomic E-state index is 16.6. The van der Waals surface area contributed by atoms with E-state index in [4.69, 9.17) is 0 Å². The van der Waals surface area contributed by atoms with Crippen molar-refractivity contribution in [2.24, 2.45) is 0 Å². The summed E-state index contributed by atoms with van der Waals surface area (Å²) >= 11 is 0. The minimum atomic E-state index is -4.57. The van der Waals surface area contributed by atoms with E-state index in [2.05, 4.69) is 11.7 Å². The van der Waals surface area contributed by atoms with Gasteiger partial charge in [0.2, 0.25) is 0 Å². The van der Waals surface area contributed by atoms with Crippen LogP contribution in [0.2, 0.25) is 0 Å². The van der Waals surface area contributed by atoms with Crippen molar-refractivity contribution in [2.75, 3.05) is 0 Å². The van der Waals surface area contributed by atoms with E-state index in [1.807, 2.05) is 65.8 Å².